The third kappa shape index (κ3) is 5.10. The van der Waals surface area contributed by atoms with Crippen molar-refractivity contribution in [2.24, 2.45) is 5.73 Å². The third-order valence-corrected chi connectivity index (χ3v) is 3.56. The second kappa shape index (κ2) is 8.55. The predicted octanol–water partition coefficient (Wildman–Crippen LogP) is 2.79. The van der Waals surface area contributed by atoms with E-state index in [1.807, 2.05) is 13.8 Å². The van der Waals surface area contributed by atoms with Crippen LogP contribution in [0.25, 0.3) is 5.69 Å². The fourth-order valence-corrected chi connectivity index (χ4v) is 2.17. The number of carbonyl (C=O) groups is 1. The van der Waals surface area contributed by atoms with Crippen LogP contribution in [-0.4, -0.2) is 39.7 Å². The van der Waals surface area contributed by atoms with Crippen LogP contribution in [0.4, 0.5) is 8.78 Å². The van der Waals surface area contributed by atoms with Gasteiger partial charge in [0, 0.05) is 5.92 Å². The number of alkyl halides is 2. The van der Waals surface area contributed by atoms with Gasteiger partial charge < -0.3 is 11.1 Å². The summed E-state index contributed by atoms with van der Waals surface area (Å²) in [6.45, 7) is 2.02. The minimum Gasteiger partial charge on any atom is -0.343 e. The average Bonchev–Trinajstić information content (AvgIpc) is 2.98. The lowest BCUT2D eigenvalue weighted by molar-refractivity contribution is 0.0117. The third-order valence-electron chi connectivity index (χ3n) is 3.24. The summed E-state index contributed by atoms with van der Waals surface area (Å²) in [7, 11) is 0. The van der Waals surface area contributed by atoms with Gasteiger partial charge in [-0.25, -0.2) is 18.4 Å². The smallest absolute Gasteiger partial charge is 0.291 e. The minimum absolute atomic E-state index is 0. The summed E-state index contributed by atoms with van der Waals surface area (Å²) in [4.78, 5) is 16.2. The molecule has 0 saturated heterocycles. The summed E-state index contributed by atoms with van der Waals surface area (Å²) in [6, 6.07) is 6.95. The van der Waals surface area contributed by atoms with Gasteiger partial charge in [-0.05, 0) is 12.1 Å². The van der Waals surface area contributed by atoms with Crippen molar-refractivity contribution in [2.75, 3.05) is 13.1 Å². The Morgan fingerprint density at radius 1 is 1.40 bits per heavy atom. The van der Waals surface area contributed by atoms with Crippen LogP contribution in [0.3, 0.4) is 0 Å². The molecule has 0 radical (unpaired) electrons. The monoisotopic (exact) mass is 393 g/mol. The van der Waals surface area contributed by atoms with Crippen molar-refractivity contribution in [1.82, 2.24) is 20.1 Å². The van der Waals surface area contributed by atoms with Crippen LogP contribution < -0.4 is 11.1 Å². The fourth-order valence-electron chi connectivity index (χ4n) is 1.96. The number of carbonyl (C=O) groups excluding carboxylic acids is 1. The number of hydrogen-bond acceptors (Lipinski definition) is 4. The van der Waals surface area contributed by atoms with E-state index in [0.717, 1.165) is 0 Å². The van der Waals surface area contributed by atoms with Crippen LogP contribution in [0.1, 0.15) is 36.2 Å². The number of rotatable bonds is 6. The highest BCUT2D eigenvalue weighted by Gasteiger charge is 2.28. The largest absolute Gasteiger partial charge is 0.343 e. The molecule has 138 valence electrons. The Balaban J connectivity index is 0.00000312. The molecular weight excluding hydrogens is 375 g/mol. The van der Waals surface area contributed by atoms with E-state index in [4.69, 9.17) is 17.3 Å². The number of hydrogen-bond donors (Lipinski definition) is 2. The van der Waals surface area contributed by atoms with Gasteiger partial charge in [0.25, 0.3) is 11.8 Å². The average molecular weight is 394 g/mol. The standard InChI is InChI=1S/C15H18ClF2N5O.ClH/c1-9(2)13-21-12(14(24)20-8-15(17,18)7-19)22-23(13)11-6-4-3-5-10(11)16;/h3-6,9H,7-8,19H2,1-2H3,(H,20,24);1H. The van der Waals surface area contributed by atoms with Crippen LogP contribution >= 0.6 is 24.0 Å². The molecule has 0 spiro atoms. The van der Waals surface area contributed by atoms with Gasteiger partial charge in [0.2, 0.25) is 5.82 Å². The summed E-state index contributed by atoms with van der Waals surface area (Å²) in [5, 5.41) is 6.65. The topological polar surface area (TPSA) is 85.8 Å². The molecule has 2 rings (SSSR count). The van der Waals surface area contributed by atoms with E-state index >= 15 is 0 Å². The molecule has 0 fully saturated rings. The van der Waals surface area contributed by atoms with Gasteiger partial charge in [0.15, 0.2) is 0 Å². The molecule has 3 N–H and O–H groups in total. The summed E-state index contributed by atoms with van der Waals surface area (Å²) in [6.07, 6.45) is 0. The van der Waals surface area contributed by atoms with Crippen molar-refractivity contribution in [3.8, 4) is 5.69 Å². The number of nitrogens with one attached hydrogen (secondary N) is 1. The van der Waals surface area contributed by atoms with E-state index in [0.29, 0.717) is 16.5 Å². The van der Waals surface area contributed by atoms with Gasteiger partial charge in [-0.3, -0.25) is 4.79 Å². The number of nitrogens with zero attached hydrogens (tertiary/aromatic N) is 3. The molecule has 2 aromatic rings. The maximum Gasteiger partial charge on any atom is 0.291 e. The lowest BCUT2D eigenvalue weighted by Crippen LogP contribution is -2.41. The van der Waals surface area contributed by atoms with Crippen LogP contribution in [-0.2, 0) is 0 Å². The molecule has 1 aromatic heterocycles. The Labute approximate surface area is 155 Å². The molecule has 0 atom stereocenters. The lowest BCUT2D eigenvalue weighted by atomic mass is 10.2. The maximum absolute atomic E-state index is 13.2. The number of benzene rings is 1. The summed E-state index contributed by atoms with van der Waals surface area (Å²) >= 11 is 6.16. The molecule has 0 aliphatic heterocycles. The van der Waals surface area contributed by atoms with E-state index < -0.39 is 24.9 Å². The van der Waals surface area contributed by atoms with Gasteiger partial charge in [-0.15, -0.1) is 17.5 Å². The van der Waals surface area contributed by atoms with E-state index in [1.165, 1.54) is 4.68 Å². The number of para-hydroxylation sites is 1. The van der Waals surface area contributed by atoms with Gasteiger partial charge in [0.1, 0.15) is 5.82 Å². The molecule has 0 aliphatic rings. The van der Waals surface area contributed by atoms with Crippen molar-refractivity contribution >= 4 is 29.9 Å². The zero-order chi connectivity index (χ0) is 17.9. The van der Waals surface area contributed by atoms with Crippen LogP contribution in [0.5, 0.6) is 0 Å². The molecule has 1 amide bonds. The van der Waals surface area contributed by atoms with E-state index in [2.05, 4.69) is 15.4 Å². The molecule has 6 nitrogen and oxygen atoms in total. The molecule has 0 unspecified atom stereocenters. The Kier molecular flexibility index (Phi) is 7.28. The molecule has 1 heterocycles. The van der Waals surface area contributed by atoms with Crippen molar-refractivity contribution in [1.29, 1.82) is 0 Å². The first-order valence-electron chi connectivity index (χ1n) is 7.33. The normalized spacial score (nSPS) is 11.3. The minimum atomic E-state index is -3.18. The first kappa shape index (κ1) is 21.3. The van der Waals surface area contributed by atoms with E-state index in [9.17, 15) is 13.6 Å². The first-order valence-corrected chi connectivity index (χ1v) is 7.71. The van der Waals surface area contributed by atoms with E-state index in [1.54, 1.807) is 24.3 Å². The Bertz CT molecular complexity index is 736. The molecule has 0 aliphatic carbocycles. The number of nitrogens with two attached hydrogens (primary N) is 1. The summed E-state index contributed by atoms with van der Waals surface area (Å²) in [5.74, 6) is -3.73. The lowest BCUT2D eigenvalue weighted by Gasteiger charge is -2.13. The fraction of sp³-hybridized carbons (Fsp3) is 0.400. The van der Waals surface area contributed by atoms with Crippen molar-refractivity contribution in [3.63, 3.8) is 0 Å². The molecule has 25 heavy (non-hydrogen) atoms. The van der Waals surface area contributed by atoms with Crippen molar-refractivity contribution in [3.05, 3.63) is 40.9 Å². The molecular formula is C15H19Cl2F2N5O. The second-order valence-corrected chi connectivity index (χ2v) is 5.96. The molecule has 0 saturated carbocycles. The summed E-state index contributed by atoms with van der Waals surface area (Å²) in [5.41, 5.74) is 5.50. The molecule has 10 heteroatoms. The number of amides is 1. The van der Waals surface area contributed by atoms with Crippen LogP contribution in [0.15, 0.2) is 24.3 Å². The van der Waals surface area contributed by atoms with E-state index in [-0.39, 0.29) is 24.1 Å². The first-order chi connectivity index (χ1) is 11.2. The number of aromatic nitrogens is 3. The highest BCUT2D eigenvalue weighted by Crippen LogP contribution is 2.23. The van der Waals surface area contributed by atoms with Crippen molar-refractivity contribution in [2.45, 2.75) is 25.7 Å². The second-order valence-electron chi connectivity index (χ2n) is 5.55. The maximum atomic E-state index is 13.2. The van der Waals surface area contributed by atoms with Crippen molar-refractivity contribution < 1.29 is 13.6 Å². The predicted molar refractivity (Wildman–Crippen MR) is 94.0 cm³/mol. The quantitative estimate of drug-likeness (QED) is 0.789. The highest BCUT2D eigenvalue weighted by molar-refractivity contribution is 6.32. The number of halogens is 4. The summed E-state index contributed by atoms with van der Waals surface area (Å²) < 4.78 is 27.8. The highest BCUT2D eigenvalue weighted by atomic mass is 35.5. The zero-order valence-electron chi connectivity index (χ0n) is 13.7. The van der Waals surface area contributed by atoms with Gasteiger partial charge >= 0.3 is 0 Å². The Hall–Kier alpha value is -1.77. The Morgan fingerprint density at radius 2 is 2.04 bits per heavy atom. The van der Waals surface area contributed by atoms with Crippen LogP contribution in [0, 0.1) is 0 Å². The SMILES string of the molecule is CC(C)c1nc(C(=O)NCC(F)(F)CN)nn1-c1ccccc1Cl.Cl. The molecule has 0 bridgehead atoms. The Morgan fingerprint density at radius 3 is 2.60 bits per heavy atom. The molecule has 1 aromatic carbocycles. The van der Waals surface area contributed by atoms with Gasteiger partial charge in [-0.1, -0.05) is 37.6 Å². The van der Waals surface area contributed by atoms with Crippen LogP contribution in [0.2, 0.25) is 5.02 Å². The van der Waals surface area contributed by atoms with Gasteiger partial charge in [-0.2, -0.15) is 0 Å². The zero-order valence-corrected chi connectivity index (χ0v) is 15.2. The van der Waals surface area contributed by atoms with Gasteiger partial charge in [0.05, 0.1) is 23.8 Å².